The number of aromatic hydroxyl groups is 1. The summed E-state index contributed by atoms with van der Waals surface area (Å²) in [4.78, 5) is 4.83. The molecule has 33 heavy (non-hydrogen) atoms. The Morgan fingerprint density at radius 1 is 1.00 bits per heavy atom. The number of rotatable bonds is 5. The van der Waals surface area contributed by atoms with Crippen molar-refractivity contribution in [3.8, 4) is 5.75 Å². The first kappa shape index (κ1) is 22.1. The number of fused-ring (bicyclic) bond motifs is 2. The van der Waals surface area contributed by atoms with Crippen molar-refractivity contribution in [3.05, 3.63) is 83.1 Å². The van der Waals surface area contributed by atoms with Gasteiger partial charge in [0.2, 0.25) is 0 Å². The van der Waals surface area contributed by atoms with Crippen molar-refractivity contribution in [1.82, 2.24) is 4.98 Å². The van der Waals surface area contributed by atoms with Crippen LogP contribution in [-0.4, -0.2) is 18.5 Å². The molecule has 5 nitrogen and oxygen atoms in total. The van der Waals surface area contributed by atoms with Gasteiger partial charge in [-0.15, -0.1) is 11.3 Å². The van der Waals surface area contributed by atoms with Crippen LogP contribution in [0, 0.1) is 5.82 Å². The predicted molar refractivity (Wildman–Crippen MR) is 134 cm³/mol. The van der Waals surface area contributed by atoms with Gasteiger partial charge in [-0.05, 0) is 52.3 Å². The number of hydrogen-bond acceptors (Lipinski definition) is 6. The number of halogens is 2. The summed E-state index contributed by atoms with van der Waals surface area (Å²) in [5.41, 5.74) is 1.12. The Hall–Kier alpha value is -2.66. The third kappa shape index (κ3) is 4.31. The van der Waals surface area contributed by atoms with Crippen LogP contribution in [0.3, 0.4) is 0 Å². The molecule has 1 aromatic heterocycles. The quantitative estimate of drug-likeness (QED) is 0.226. The number of nitrogens with one attached hydrogen (secondary N) is 1. The lowest BCUT2D eigenvalue weighted by Gasteiger charge is -2.14. The van der Waals surface area contributed by atoms with Crippen LogP contribution in [0.15, 0.2) is 91.4 Å². The Kier molecular flexibility index (Phi) is 5.77. The highest BCUT2D eigenvalue weighted by Gasteiger charge is 2.20. The molecule has 0 radical (unpaired) electrons. The molecule has 4 aromatic carbocycles. The highest BCUT2D eigenvalue weighted by Crippen LogP contribution is 2.44. The number of sulfonamides is 1. The van der Waals surface area contributed by atoms with Crippen molar-refractivity contribution >= 4 is 75.7 Å². The Morgan fingerprint density at radius 2 is 1.73 bits per heavy atom. The van der Waals surface area contributed by atoms with Crippen LogP contribution >= 0.6 is 39.0 Å². The van der Waals surface area contributed by atoms with Gasteiger partial charge < -0.3 is 5.11 Å². The lowest BCUT2D eigenvalue weighted by molar-refractivity contribution is 0.469. The number of anilines is 1. The lowest BCUT2D eigenvalue weighted by atomic mass is 10.1. The number of nitrogens with zero attached hydrogens (tertiary/aromatic N) is 1. The molecule has 0 unspecified atom stereocenters. The topological polar surface area (TPSA) is 79.3 Å². The van der Waals surface area contributed by atoms with Gasteiger partial charge in [-0.1, -0.05) is 48.2 Å². The minimum Gasteiger partial charge on any atom is -0.506 e. The molecule has 0 fully saturated rings. The van der Waals surface area contributed by atoms with Gasteiger partial charge in [-0.2, -0.15) is 0 Å². The van der Waals surface area contributed by atoms with E-state index in [-0.39, 0.29) is 20.8 Å². The second-order valence-corrected chi connectivity index (χ2v) is 11.9. The van der Waals surface area contributed by atoms with Gasteiger partial charge >= 0.3 is 0 Å². The molecule has 0 spiro atoms. The van der Waals surface area contributed by atoms with Crippen LogP contribution in [0.2, 0.25) is 0 Å². The molecule has 0 saturated heterocycles. The van der Waals surface area contributed by atoms with Crippen LogP contribution in [0.25, 0.3) is 21.0 Å². The first-order valence-electron chi connectivity index (χ1n) is 9.58. The molecule has 0 aliphatic heterocycles. The van der Waals surface area contributed by atoms with E-state index in [4.69, 9.17) is 0 Å². The molecule has 5 rings (SSSR count). The maximum atomic E-state index is 14.0. The van der Waals surface area contributed by atoms with Crippen molar-refractivity contribution < 1.29 is 17.9 Å². The zero-order valence-electron chi connectivity index (χ0n) is 16.6. The van der Waals surface area contributed by atoms with Crippen LogP contribution in [-0.2, 0) is 10.0 Å². The maximum Gasteiger partial charge on any atom is 0.262 e. The Balaban J connectivity index is 1.59. The molecular weight excluding hydrogens is 547 g/mol. The van der Waals surface area contributed by atoms with Crippen molar-refractivity contribution in [2.45, 2.75) is 14.1 Å². The number of hydrogen-bond donors (Lipinski definition) is 2. The zero-order chi connectivity index (χ0) is 23.2. The van der Waals surface area contributed by atoms with Gasteiger partial charge in [-0.25, -0.2) is 17.8 Å². The van der Waals surface area contributed by atoms with Crippen molar-refractivity contribution in [2.75, 3.05) is 4.72 Å². The number of para-hydroxylation sites is 1. The summed E-state index contributed by atoms with van der Waals surface area (Å²) in [6.07, 6.45) is 0. The van der Waals surface area contributed by atoms with Gasteiger partial charge in [0.05, 0.1) is 30.2 Å². The molecule has 2 N–H and O–H groups in total. The fourth-order valence-electron chi connectivity index (χ4n) is 3.33. The molecule has 5 aromatic rings. The van der Waals surface area contributed by atoms with E-state index in [0.717, 1.165) is 16.3 Å². The first-order valence-corrected chi connectivity index (χ1v) is 13.5. The van der Waals surface area contributed by atoms with E-state index in [9.17, 15) is 17.9 Å². The second-order valence-electron chi connectivity index (χ2n) is 7.05. The largest absolute Gasteiger partial charge is 0.506 e. The minimum atomic E-state index is -4.08. The molecule has 0 bridgehead atoms. The summed E-state index contributed by atoms with van der Waals surface area (Å²) in [6, 6.07) is 19.8. The molecule has 0 atom stereocenters. The molecule has 1 heterocycles. The number of benzene rings is 4. The standard InChI is InChI=1S/C23H14BrFN2O3S3/c24-16-10-9-13(11-17(16)25)33(29,30)27-19-12-21(22(28)15-6-2-1-5-14(15)19)32-23-26-18-7-3-4-8-20(18)31-23/h1-12,27-28H. The van der Waals surface area contributed by atoms with Gasteiger partial charge in [0.25, 0.3) is 10.0 Å². The van der Waals surface area contributed by atoms with Crippen LogP contribution in [0.5, 0.6) is 5.75 Å². The second kappa shape index (κ2) is 8.60. The van der Waals surface area contributed by atoms with Crippen LogP contribution in [0.4, 0.5) is 10.1 Å². The molecule has 166 valence electrons. The summed E-state index contributed by atoms with van der Waals surface area (Å²) < 4.78 is 44.4. The van der Waals surface area contributed by atoms with E-state index in [1.54, 1.807) is 30.3 Å². The van der Waals surface area contributed by atoms with Crippen molar-refractivity contribution in [2.24, 2.45) is 0 Å². The molecule has 0 saturated carbocycles. The van der Waals surface area contributed by atoms with E-state index >= 15 is 0 Å². The monoisotopic (exact) mass is 560 g/mol. The number of phenolic OH excluding ortho intramolecular Hbond substituents is 1. The average Bonchev–Trinajstić information content (AvgIpc) is 3.21. The third-order valence-corrected chi connectivity index (χ3v) is 9.03. The van der Waals surface area contributed by atoms with E-state index < -0.39 is 15.8 Å². The summed E-state index contributed by atoms with van der Waals surface area (Å²) >= 11 is 5.76. The third-order valence-electron chi connectivity index (χ3n) is 4.90. The van der Waals surface area contributed by atoms with Gasteiger partial charge in [-0.3, -0.25) is 4.72 Å². The van der Waals surface area contributed by atoms with E-state index in [1.165, 1.54) is 35.2 Å². The van der Waals surface area contributed by atoms with Crippen molar-refractivity contribution in [3.63, 3.8) is 0 Å². The van der Waals surface area contributed by atoms with E-state index in [0.29, 0.717) is 20.0 Å². The van der Waals surface area contributed by atoms with Gasteiger partial charge in [0.15, 0.2) is 4.34 Å². The fraction of sp³-hybridized carbons (Fsp3) is 0. The highest BCUT2D eigenvalue weighted by molar-refractivity contribution is 9.10. The highest BCUT2D eigenvalue weighted by atomic mass is 79.9. The Bertz CT molecular complexity index is 1600. The minimum absolute atomic E-state index is 0.0347. The van der Waals surface area contributed by atoms with Crippen molar-refractivity contribution in [1.29, 1.82) is 0 Å². The molecule has 0 aliphatic carbocycles. The van der Waals surface area contributed by atoms with E-state index in [1.807, 2.05) is 24.3 Å². The van der Waals surface area contributed by atoms with Crippen LogP contribution in [0.1, 0.15) is 0 Å². The summed E-state index contributed by atoms with van der Waals surface area (Å²) in [6.45, 7) is 0. The predicted octanol–water partition coefficient (Wildman–Crippen LogP) is 7.01. The zero-order valence-corrected chi connectivity index (χ0v) is 20.7. The maximum absolute atomic E-state index is 14.0. The van der Waals surface area contributed by atoms with Crippen LogP contribution < -0.4 is 4.72 Å². The number of aromatic nitrogens is 1. The van der Waals surface area contributed by atoms with E-state index in [2.05, 4.69) is 25.6 Å². The summed E-state index contributed by atoms with van der Waals surface area (Å²) in [5.74, 6) is -0.645. The first-order chi connectivity index (χ1) is 15.8. The summed E-state index contributed by atoms with van der Waals surface area (Å²) in [5, 5.41) is 11.9. The lowest BCUT2D eigenvalue weighted by Crippen LogP contribution is -2.13. The Morgan fingerprint density at radius 3 is 2.48 bits per heavy atom. The molecule has 10 heteroatoms. The normalized spacial score (nSPS) is 11.8. The Labute approximate surface area is 205 Å². The SMILES string of the molecule is O=S(=O)(Nc1cc(Sc2nc3ccccc3s2)c(O)c2ccccc12)c1ccc(Br)c(F)c1. The van der Waals surface area contributed by atoms with Gasteiger partial charge in [0.1, 0.15) is 11.6 Å². The fourth-order valence-corrected chi connectivity index (χ4v) is 6.78. The number of thiazole rings is 1. The molecule has 0 aliphatic rings. The average molecular weight is 561 g/mol. The van der Waals surface area contributed by atoms with Gasteiger partial charge in [0, 0.05) is 10.8 Å². The molecular formula is C23H14BrFN2O3S3. The number of phenols is 1. The smallest absolute Gasteiger partial charge is 0.262 e. The summed E-state index contributed by atoms with van der Waals surface area (Å²) in [7, 11) is -4.08. The molecule has 0 amide bonds.